The summed E-state index contributed by atoms with van der Waals surface area (Å²) in [5.41, 5.74) is 2.76. The molecule has 0 aliphatic carbocycles. The Balaban J connectivity index is 1.40. The zero-order valence-corrected chi connectivity index (χ0v) is 18.6. The minimum atomic E-state index is -0.262. The molecule has 1 aromatic heterocycles. The normalized spacial score (nSPS) is 10.5. The van der Waals surface area contributed by atoms with E-state index < -0.39 is 0 Å². The van der Waals surface area contributed by atoms with E-state index in [4.69, 9.17) is 18.7 Å². The molecule has 0 unspecified atom stereocenters. The summed E-state index contributed by atoms with van der Waals surface area (Å²) in [7, 11) is 1.53. The van der Waals surface area contributed by atoms with Gasteiger partial charge in [0, 0.05) is 11.3 Å². The maximum atomic E-state index is 12.7. The van der Waals surface area contributed by atoms with Crippen molar-refractivity contribution in [1.29, 1.82) is 0 Å². The molecule has 1 amide bonds. The Kier molecular flexibility index (Phi) is 6.59. The standard InChI is InChI=1S/C26H24N2O5/c1-17-23(18(2)33-28-17)16-31-24-14-9-19(15-25(24)30-3)26(29)27-20-10-12-22(13-11-20)32-21-7-5-4-6-8-21/h4-15H,16H2,1-3H3,(H,27,29). The molecule has 0 bridgehead atoms. The molecule has 0 radical (unpaired) electrons. The number of nitrogens with zero attached hydrogens (tertiary/aromatic N) is 1. The number of ether oxygens (including phenoxy) is 3. The van der Waals surface area contributed by atoms with E-state index >= 15 is 0 Å². The van der Waals surface area contributed by atoms with Crippen LogP contribution in [0.15, 0.2) is 77.3 Å². The van der Waals surface area contributed by atoms with Gasteiger partial charge in [0.2, 0.25) is 0 Å². The van der Waals surface area contributed by atoms with E-state index in [1.54, 1.807) is 42.5 Å². The lowest BCUT2D eigenvalue weighted by atomic mass is 10.1. The Labute approximate surface area is 191 Å². The highest BCUT2D eigenvalue weighted by Gasteiger charge is 2.14. The van der Waals surface area contributed by atoms with E-state index in [0.717, 1.165) is 17.0 Å². The molecule has 168 valence electrons. The molecule has 0 fully saturated rings. The van der Waals surface area contributed by atoms with Crippen molar-refractivity contribution in [3.8, 4) is 23.0 Å². The lowest BCUT2D eigenvalue weighted by Crippen LogP contribution is -2.12. The van der Waals surface area contributed by atoms with Gasteiger partial charge in [0.25, 0.3) is 5.91 Å². The zero-order valence-electron chi connectivity index (χ0n) is 18.6. The van der Waals surface area contributed by atoms with Crippen LogP contribution in [0.1, 0.15) is 27.4 Å². The average molecular weight is 444 g/mol. The van der Waals surface area contributed by atoms with Gasteiger partial charge in [0.05, 0.1) is 18.4 Å². The van der Waals surface area contributed by atoms with E-state index in [1.807, 2.05) is 44.2 Å². The predicted molar refractivity (Wildman–Crippen MR) is 124 cm³/mol. The van der Waals surface area contributed by atoms with Gasteiger partial charge >= 0.3 is 0 Å². The molecule has 0 saturated heterocycles. The van der Waals surface area contributed by atoms with Crippen LogP contribution in [0.2, 0.25) is 0 Å². The number of benzene rings is 3. The van der Waals surface area contributed by atoms with Gasteiger partial charge < -0.3 is 24.1 Å². The first kappa shape index (κ1) is 22.0. The molecule has 1 N–H and O–H groups in total. The Morgan fingerprint density at radius 1 is 0.939 bits per heavy atom. The molecule has 0 aliphatic heterocycles. The van der Waals surface area contributed by atoms with Crippen LogP contribution in [0.25, 0.3) is 0 Å². The molecule has 4 aromatic rings. The van der Waals surface area contributed by atoms with Gasteiger partial charge in [-0.3, -0.25) is 4.79 Å². The second kappa shape index (κ2) is 9.91. The van der Waals surface area contributed by atoms with Gasteiger partial charge in [-0.25, -0.2) is 0 Å². The minimum absolute atomic E-state index is 0.262. The van der Waals surface area contributed by atoms with Crippen molar-refractivity contribution >= 4 is 11.6 Å². The van der Waals surface area contributed by atoms with Gasteiger partial charge in [0.1, 0.15) is 23.9 Å². The van der Waals surface area contributed by atoms with E-state index in [1.165, 1.54) is 7.11 Å². The molecule has 7 heteroatoms. The lowest BCUT2D eigenvalue weighted by molar-refractivity contribution is 0.102. The third kappa shape index (κ3) is 5.33. The molecule has 0 aliphatic rings. The fourth-order valence-electron chi connectivity index (χ4n) is 3.22. The number of anilines is 1. The minimum Gasteiger partial charge on any atom is -0.493 e. The van der Waals surface area contributed by atoms with Crippen LogP contribution in [0.3, 0.4) is 0 Å². The van der Waals surface area contributed by atoms with Crippen LogP contribution in [0.4, 0.5) is 5.69 Å². The van der Waals surface area contributed by atoms with Crippen molar-refractivity contribution in [1.82, 2.24) is 5.16 Å². The molecule has 3 aromatic carbocycles. The summed E-state index contributed by atoms with van der Waals surface area (Å²) < 4.78 is 22.2. The van der Waals surface area contributed by atoms with E-state index in [9.17, 15) is 4.79 Å². The molecule has 1 heterocycles. The van der Waals surface area contributed by atoms with Crippen LogP contribution >= 0.6 is 0 Å². The van der Waals surface area contributed by atoms with E-state index in [2.05, 4.69) is 10.5 Å². The topological polar surface area (TPSA) is 82.8 Å². The third-order valence-corrected chi connectivity index (χ3v) is 5.07. The van der Waals surface area contributed by atoms with Crippen molar-refractivity contribution < 1.29 is 23.5 Å². The van der Waals surface area contributed by atoms with Gasteiger partial charge in [-0.2, -0.15) is 0 Å². The Morgan fingerprint density at radius 3 is 2.33 bits per heavy atom. The summed E-state index contributed by atoms with van der Waals surface area (Å²) in [6.07, 6.45) is 0. The second-order valence-electron chi connectivity index (χ2n) is 7.35. The number of hydrogen-bond acceptors (Lipinski definition) is 6. The highest BCUT2D eigenvalue weighted by Crippen LogP contribution is 2.30. The number of amides is 1. The molecule has 0 spiro atoms. The number of carbonyl (C=O) groups excluding carboxylic acids is 1. The molecule has 4 rings (SSSR count). The molecule has 0 atom stereocenters. The summed E-state index contributed by atoms with van der Waals surface area (Å²) in [6.45, 7) is 3.99. The maximum Gasteiger partial charge on any atom is 0.255 e. The van der Waals surface area contributed by atoms with E-state index in [0.29, 0.717) is 40.9 Å². The third-order valence-electron chi connectivity index (χ3n) is 5.07. The van der Waals surface area contributed by atoms with E-state index in [-0.39, 0.29) is 5.91 Å². The maximum absolute atomic E-state index is 12.7. The number of para-hydroxylation sites is 1. The first-order valence-corrected chi connectivity index (χ1v) is 10.4. The highest BCUT2D eigenvalue weighted by molar-refractivity contribution is 6.04. The summed E-state index contributed by atoms with van der Waals surface area (Å²) in [5, 5.41) is 6.81. The van der Waals surface area contributed by atoms with Crippen molar-refractivity contribution in [3.05, 3.63) is 95.4 Å². The van der Waals surface area contributed by atoms with Crippen LogP contribution in [0, 0.1) is 13.8 Å². The number of aromatic nitrogens is 1. The number of methoxy groups -OCH3 is 1. The molecular weight excluding hydrogens is 420 g/mol. The smallest absolute Gasteiger partial charge is 0.255 e. The average Bonchev–Trinajstić information content (AvgIpc) is 3.16. The van der Waals surface area contributed by atoms with Gasteiger partial charge in [-0.1, -0.05) is 23.4 Å². The first-order chi connectivity index (χ1) is 16.0. The van der Waals surface area contributed by atoms with Crippen LogP contribution in [-0.4, -0.2) is 18.2 Å². The van der Waals surface area contributed by atoms with Crippen LogP contribution in [-0.2, 0) is 6.61 Å². The summed E-state index contributed by atoms with van der Waals surface area (Å²) in [5.74, 6) is 2.86. The highest BCUT2D eigenvalue weighted by atomic mass is 16.5. The molecule has 7 nitrogen and oxygen atoms in total. The summed E-state index contributed by atoms with van der Waals surface area (Å²) in [6, 6.07) is 21.7. The number of aryl methyl sites for hydroxylation is 2. The fourth-order valence-corrected chi connectivity index (χ4v) is 3.22. The molecular formula is C26H24N2O5. The van der Waals surface area contributed by atoms with Crippen molar-refractivity contribution in [2.45, 2.75) is 20.5 Å². The second-order valence-corrected chi connectivity index (χ2v) is 7.35. The number of rotatable bonds is 8. The lowest BCUT2D eigenvalue weighted by Gasteiger charge is -2.12. The first-order valence-electron chi connectivity index (χ1n) is 10.4. The largest absolute Gasteiger partial charge is 0.493 e. The fraction of sp³-hybridized carbons (Fsp3) is 0.154. The molecule has 0 saturated carbocycles. The summed E-state index contributed by atoms with van der Waals surface area (Å²) >= 11 is 0. The predicted octanol–water partition coefficient (Wildman–Crippen LogP) is 5.92. The van der Waals surface area contributed by atoms with Gasteiger partial charge in [0.15, 0.2) is 11.5 Å². The Bertz CT molecular complexity index is 1210. The van der Waals surface area contributed by atoms with Crippen LogP contribution < -0.4 is 19.5 Å². The number of nitrogens with one attached hydrogen (secondary N) is 1. The van der Waals surface area contributed by atoms with Crippen molar-refractivity contribution in [2.75, 3.05) is 12.4 Å². The van der Waals surface area contributed by atoms with Crippen LogP contribution in [0.5, 0.6) is 23.0 Å². The van der Waals surface area contributed by atoms with Gasteiger partial charge in [-0.15, -0.1) is 0 Å². The van der Waals surface area contributed by atoms with Crippen molar-refractivity contribution in [2.24, 2.45) is 0 Å². The number of hydrogen-bond donors (Lipinski definition) is 1. The summed E-state index contributed by atoms with van der Waals surface area (Å²) in [4.78, 5) is 12.7. The quantitative estimate of drug-likeness (QED) is 0.363. The Hall–Kier alpha value is -4.26. The molecule has 33 heavy (non-hydrogen) atoms. The zero-order chi connectivity index (χ0) is 23.2. The monoisotopic (exact) mass is 444 g/mol. The number of carbonyl (C=O) groups is 1. The Morgan fingerprint density at radius 2 is 1.67 bits per heavy atom. The van der Waals surface area contributed by atoms with Crippen molar-refractivity contribution in [3.63, 3.8) is 0 Å². The van der Waals surface area contributed by atoms with Gasteiger partial charge in [-0.05, 0) is 68.4 Å². The SMILES string of the molecule is COc1cc(C(=O)Nc2ccc(Oc3ccccc3)cc2)ccc1OCc1c(C)noc1C.